The zero-order chi connectivity index (χ0) is 25.7. The summed E-state index contributed by atoms with van der Waals surface area (Å²) < 4.78 is 17.1. The molecule has 3 aromatic heterocycles. The van der Waals surface area contributed by atoms with Crippen molar-refractivity contribution < 1.29 is 9.50 Å². The average Bonchev–Trinajstić information content (AvgIpc) is 3.65. The zero-order valence-electron chi connectivity index (χ0n) is 21.4. The van der Waals surface area contributed by atoms with Crippen LogP contribution in [0.2, 0.25) is 0 Å². The maximum Gasteiger partial charge on any atom is 0.229 e. The first-order chi connectivity index (χ1) is 17.8. The van der Waals surface area contributed by atoms with Crippen molar-refractivity contribution >= 4 is 28.4 Å². The van der Waals surface area contributed by atoms with E-state index < -0.39 is 5.60 Å². The predicted molar refractivity (Wildman–Crippen MR) is 143 cm³/mol. The van der Waals surface area contributed by atoms with E-state index in [4.69, 9.17) is 9.97 Å². The molecule has 2 fully saturated rings. The number of fused-ring (bicyclic) bond motifs is 1. The SMILES string of the molecule is CN1CCN(c2ccc(Nc3ncc4cc(C5CC5)n(-c5cccc(C(C)(C)O)n5)c4n3)cc2F)CC1. The van der Waals surface area contributed by atoms with Gasteiger partial charge < -0.3 is 20.2 Å². The lowest BCUT2D eigenvalue weighted by atomic mass is 10.1. The number of likely N-dealkylation sites (N-methyl/N-ethyl adjacent to an activating group) is 1. The van der Waals surface area contributed by atoms with Gasteiger partial charge in [0.1, 0.15) is 17.2 Å². The fourth-order valence-corrected chi connectivity index (χ4v) is 4.90. The largest absolute Gasteiger partial charge is 0.384 e. The molecule has 0 radical (unpaired) electrons. The van der Waals surface area contributed by atoms with E-state index in [0.717, 1.165) is 55.7 Å². The molecular formula is C28H32FN7O. The number of piperazine rings is 1. The molecule has 6 rings (SSSR count). The van der Waals surface area contributed by atoms with Crippen molar-refractivity contribution in [1.82, 2.24) is 24.4 Å². The first-order valence-corrected chi connectivity index (χ1v) is 12.8. The van der Waals surface area contributed by atoms with E-state index in [1.165, 1.54) is 6.07 Å². The summed E-state index contributed by atoms with van der Waals surface area (Å²) >= 11 is 0. The smallest absolute Gasteiger partial charge is 0.229 e. The first-order valence-electron chi connectivity index (χ1n) is 12.8. The third kappa shape index (κ3) is 4.76. The molecule has 2 aliphatic rings. The summed E-state index contributed by atoms with van der Waals surface area (Å²) in [5.41, 5.74) is 2.63. The van der Waals surface area contributed by atoms with E-state index in [1.807, 2.05) is 30.3 Å². The van der Waals surface area contributed by atoms with Crippen molar-refractivity contribution in [3.05, 3.63) is 65.9 Å². The number of nitrogens with zero attached hydrogens (tertiary/aromatic N) is 6. The van der Waals surface area contributed by atoms with Gasteiger partial charge in [0.25, 0.3) is 0 Å². The lowest BCUT2D eigenvalue weighted by molar-refractivity contribution is 0.0738. The highest BCUT2D eigenvalue weighted by molar-refractivity contribution is 5.80. The van der Waals surface area contributed by atoms with E-state index in [-0.39, 0.29) is 5.82 Å². The number of nitrogens with one attached hydrogen (secondary N) is 1. The second-order valence-electron chi connectivity index (χ2n) is 10.7. The molecule has 2 N–H and O–H groups in total. The second kappa shape index (κ2) is 9.08. The summed E-state index contributed by atoms with van der Waals surface area (Å²) in [4.78, 5) is 18.4. The average molecular weight is 502 g/mol. The number of benzene rings is 1. The molecular weight excluding hydrogens is 469 g/mol. The van der Waals surface area contributed by atoms with Gasteiger partial charge in [-0.1, -0.05) is 6.07 Å². The van der Waals surface area contributed by atoms with Crippen LogP contribution < -0.4 is 10.2 Å². The topological polar surface area (TPSA) is 82.3 Å². The molecule has 1 saturated carbocycles. The minimum Gasteiger partial charge on any atom is -0.384 e. The molecule has 4 heterocycles. The molecule has 8 nitrogen and oxygen atoms in total. The van der Waals surface area contributed by atoms with Crippen molar-refractivity contribution in [2.45, 2.75) is 38.2 Å². The number of pyridine rings is 1. The number of aromatic nitrogens is 4. The van der Waals surface area contributed by atoms with Crippen LogP contribution in [0.3, 0.4) is 0 Å². The highest BCUT2D eigenvalue weighted by atomic mass is 19.1. The van der Waals surface area contributed by atoms with Gasteiger partial charge in [-0.2, -0.15) is 4.98 Å². The Morgan fingerprint density at radius 3 is 2.51 bits per heavy atom. The van der Waals surface area contributed by atoms with Crippen LogP contribution in [-0.4, -0.2) is 62.8 Å². The molecule has 192 valence electrons. The Kier molecular flexibility index (Phi) is 5.84. The van der Waals surface area contributed by atoms with Crippen LogP contribution in [-0.2, 0) is 5.60 Å². The Bertz CT molecular complexity index is 1450. The molecule has 9 heteroatoms. The predicted octanol–water partition coefficient (Wildman–Crippen LogP) is 4.55. The zero-order valence-corrected chi connectivity index (χ0v) is 21.4. The van der Waals surface area contributed by atoms with Crippen LogP contribution in [0.4, 0.5) is 21.7 Å². The minimum atomic E-state index is -1.05. The summed E-state index contributed by atoms with van der Waals surface area (Å²) in [6, 6.07) is 13.0. The Hall–Kier alpha value is -3.56. The van der Waals surface area contributed by atoms with Crippen LogP contribution in [0.25, 0.3) is 16.9 Å². The second-order valence-corrected chi connectivity index (χ2v) is 10.7. The van der Waals surface area contributed by atoms with E-state index >= 15 is 4.39 Å². The van der Waals surface area contributed by atoms with Crippen molar-refractivity contribution in [3.63, 3.8) is 0 Å². The maximum atomic E-state index is 15.0. The Morgan fingerprint density at radius 1 is 1.03 bits per heavy atom. The summed E-state index contributed by atoms with van der Waals surface area (Å²) in [6.45, 7) is 6.92. The number of hydrogen-bond acceptors (Lipinski definition) is 7. The highest BCUT2D eigenvalue weighted by Crippen LogP contribution is 2.43. The van der Waals surface area contributed by atoms with Crippen molar-refractivity contribution in [3.8, 4) is 5.82 Å². The highest BCUT2D eigenvalue weighted by Gasteiger charge is 2.30. The molecule has 0 atom stereocenters. The Balaban J connectivity index is 1.33. The Labute approximate surface area is 215 Å². The number of rotatable bonds is 6. The molecule has 4 aromatic rings. The van der Waals surface area contributed by atoms with Crippen LogP contribution in [0.15, 0.2) is 48.7 Å². The molecule has 37 heavy (non-hydrogen) atoms. The molecule has 1 saturated heterocycles. The van der Waals surface area contributed by atoms with Crippen LogP contribution in [0.5, 0.6) is 0 Å². The van der Waals surface area contributed by atoms with E-state index in [2.05, 4.69) is 37.8 Å². The van der Waals surface area contributed by atoms with Crippen molar-refractivity contribution in [1.29, 1.82) is 0 Å². The van der Waals surface area contributed by atoms with Crippen LogP contribution in [0, 0.1) is 5.82 Å². The normalized spacial score (nSPS) is 16.9. The molecule has 0 spiro atoms. The van der Waals surface area contributed by atoms with E-state index in [9.17, 15) is 5.11 Å². The molecule has 0 amide bonds. The quantitative estimate of drug-likeness (QED) is 0.401. The monoisotopic (exact) mass is 501 g/mol. The number of anilines is 3. The van der Waals surface area contributed by atoms with Crippen molar-refractivity contribution in [2.24, 2.45) is 0 Å². The van der Waals surface area contributed by atoms with Crippen molar-refractivity contribution in [2.75, 3.05) is 43.4 Å². The first kappa shape index (κ1) is 23.8. The van der Waals surface area contributed by atoms with Gasteiger partial charge in [-0.25, -0.2) is 14.4 Å². The molecule has 0 unspecified atom stereocenters. The van der Waals surface area contributed by atoms with Crippen LogP contribution >= 0.6 is 0 Å². The third-order valence-corrected chi connectivity index (χ3v) is 7.20. The summed E-state index contributed by atoms with van der Waals surface area (Å²) in [5, 5.41) is 14.6. The van der Waals surface area contributed by atoms with Crippen LogP contribution in [0.1, 0.15) is 44.0 Å². The number of hydrogen-bond donors (Lipinski definition) is 2. The molecule has 0 bridgehead atoms. The minimum absolute atomic E-state index is 0.261. The lowest BCUT2D eigenvalue weighted by Crippen LogP contribution is -2.44. The van der Waals surface area contributed by atoms with Gasteiger partial charge in [0.2, 0.25) is 5.95 Å². The maximum absolute atomic E-state index is 15.0. The summed E-state index contributed by atoms with van der Waals surface area (Å²) in [5.74, 6) is 1.29. The molecule has 1 aliphatic heterocycles. The molecule has 1 aliphatic carbocycles. The van der Waals surface area contributed by atoms with Gasteiger partial charge >= 0.3 is 0 Å². The van der Waals surface area contributed by atoms with Gasteiger partial charge in [-0.3, -0.25) is 4.57 Å². The fraction of sp³-hybridized carbons (Fsp3) is 0.393. The van der Waals surface area contributed by atoms with E-state index in [1.54, 1.807) is 20.0 Å². The van der Waals surface area contributed by atoms with Gasteiger partial charge in [-0.05, 0) is 76.1 Å². The summed E-state index contributed by atoms with van der Waals surface area (Å²) in [6.07, 6.45) is 4.04. The van der Waals surface area contributed by atoms with Gasteiger partial charge in [0.15, 0.2) is 5.65 Å². The Morgan fingerprint density at radius 2 is 1.81 bits per heavy atom. The summed E-state index contributed by atoms with van der Waals surface area (Å²) in [7, 11) is 2.09. The van der Waals surface area contributed by atoms with Gasteiger partial charge in [0.05, 0.1) is 11.4 Å². The van der Waals surface area contributed by atoms with Gasteiger partial charge in [-0.15, -0.1) is 0 Å². The lowest BCUT2D eigenvalue weighted by Gasteiger charge is -2.34. The standard InChI is InChI=1S/C28H32FN7O/c1-28(2,37)24-5-4-6-25(32-24)36-23(18-7-8-18)15-19-17-30-27(33-26(19)36)31-20-9-10-22(21(29)16-20)35-13-11-34(3)12-14-35/h4-6,9-10,15-18,37H,7-8,11-14H2,1-3H3,(H,30,31,33). The number of aliphatic hydroxyl groups is 1. The molecule has 1 aromatic carbocycles. The fourth-order valence-electron chi connectivity index (χ4n) is 4.90. The third-order valence-electron chi connectivity index (χ3n) is 7.20. The number of halogens is 1. The van der Waals surface area contributed by atoms with E-state index in [0.29, 0.717) is 34.8 Å². The van der Waals surface area contributed by atoms with Gasteiger partial charge in [0, 0.05) is 49.1 Å².